The maximum Gasteiger partial charge on any atom is 0.0629 e. The van der Waals surface area contributed by atoms with Crippen molar-refractivity contribution in [3.63, 3.8) is 0 Å². The summed E-state index contributed by atoms with van der Waals surface area (Å²) >= 11 is 0. The molecule has 1 unspecified atom stereocenters. The molecule has 3 nitrogen and oxygen atoms in total. The highest BCUT2D eigenvalue weighted by atomic mass is 16.3. The molecule has 3 heteroatoms. The highest BCUT2D eigenvalue weighted by Gasteiger charge is 2.33. The van der Waals surface area contributed by atoms with E-state index < -0.39 is 5.54 Å². The molecule has 0 radical (unpaired) electrons. The molecule has 1 atom stereocenters. The van der Waals surface area contributed by atoms with Gasteiger partial charge in [0.1, 0.15) is 0 Å². The number of hydrogen-bond donors (Lipinski definition) is 2. The number of aliphatic hydroxyl groups is 1. The van der Waals surface area contributed by atoms with Crippen LogP contribution in [0.2, 0.25) is 0 Å². The van der Waals surface area contributed by atoms with Gasteiger partial charge in [-0.05, 0) is 31.0 Å². The van der Waals surface area contributed by atoms with Crippen molar-refractivity contribution in [3.8, 4) is 0 Å². The average Bonchev–Trinajstić information content (AvgIpc) is 2.62. The molecular weight excluding hydrogens is 188 g/mol. The first-order valence-corrected chi connectivity index (χ1v) is 5.34. The molecule has 1 fully saturated rings. The zero-order chi connectivity index (χ0) is 10.9. The van der Waals surface area contributed by atoms with Crippen LogP contribution < -0.4 is 10.6 Å². The minimum absolute atomic E-state index is 0.0648. The molecule has 0 aromatic heterocycles. The summed E-state index contributed by atoms with van der Waals surface area (Å²) in [6.45, 7) is 3.82. The zero-order valence-corrected chi connectivity index (χ0v) is 9.11. The molecule has 0 amide bonds. The van der Waals surface area contributed by atoms with Crippen molar-refractivity contribution in [1.29, 1.82) is 0 Å². The van der Waals surface area contributed by atoms with Crippen molar-refractivity contribution in [3.05, 3.63) is 29.8 Å². The van der Waals surface area contributed by atoms with Gasteiger partial charge in [0.15, 0.2) is 0 Å². The average molecular weight is 206 g/mol. The van der Waals surface area contributed by atoms with Crippen molar-refractivity contribution < 1.29 is 5.11 Å². The lowest BCUT2D eigenvalue weighted by molar-refractivity contribution is 0.210. The first-order chi connectivity index (χ1) is 7.13. The topological polar surface area (TPSA) is 49.5 Å². The van der Waals surface area contributed by atoms with Crippen LogP contribution in [0.1, 0.15) is 12.0 Å². The molecule has 1 aromatic rings. The number of aliphatic hydroxyl groups excluding tert-OH is 1. The summed E-state index contributed by atoms with van der Waals surface area (Å²) in [7, 11) is 0. The van der Waals surface area contributed by atoms with E-state index in [0.29, 0.717) is 0 Å². The van der Waals surface area contributed by atoms with E-state index in [9.17, 15) is 5.11 Å². The van der Waals surface area contributed by atoms with Gasteiger partial charge >= 0.3 is 0 Å². The SMILES string of the molecule is Cc1cccc(N2CCC(N)(CO)C2)c1. The second-order valence-corrected chi connectivity index (χ2v) is 4.53. The van der Waals surface area contributed by atoms with Crippen LogP contribution in [0, 0.1) is 6.92 Å². The number of aryl methyl sites for hydroxylation is 1. The van der Waals surface area contributed by atoms with Gasteiger partial charge in [0.25, 0.3) is 0 Å². The lowest BCUT2D eigenvalue weighted by atomic mass is 10.0. The Balaban J connectivity index is 2.14. The van der Waals surface area contributed by atoms with E-state index in [1.165, 1.54) is 11.3 Å². The van der Waals surface area contributed by atoms with E-state index >= 15 is 0 Å². The fourth-order valence-corrected chi connectivity index (χ4v) is 2.07. The fourth-order valence-electron chi connectivity index (χ4n) is 2.07. The molecule has 1 aliphatic rings. The number of benzene rings is 1. The smallest absolute Gasteiger partial charge is 0.0629 e. The van der Waals surface area contributed by atoms with Crippen LogP contribution in [-0.2, 0) is 0 Å². The third-order valence-corrected chi connectivity index (χ3v) is 3.07. The summed E-state index contributed by atoms with van der Waals surface area (Å²) < 4.78 is 0. The van der Waals surface area contributed by atoms with E-state index in [2.05, 4.69) is 36.1 Å². The van der Waals surface area contributed by atoms with E-state index in [0.717, 1.165) is 19.5 Å². The van der Waals surface area contributed by atoms with Gasteiger partial charge in [-0.2, -0.15) is 0 Å². The van der Waals surface area contributed by atoms with Crippen molar-refractivity contribution in [2.75, 3.05) is 24.6 Å². The third-order valence-electron chi connectivity index (χ3n) is 3.07. The monoisotopic (exact) mass is 206 g/mol. The van der Waals surface area contributed by atoms with Gasteiger partial charge in [-0.15, -0.1) is 0 Å². The Morgan fingerprint density at radius 3 is 2.93 bits per heavy atom. The summed E-state index contributed by atoms with van der Waals surface area (Å²) in [6.07, 6.45) is 0.859. The Bertz CT molecular complexity index is 353. The summed E-state index contributed by atoms with van der Waals surface area (Å²) in [6, 6.07) is 8.39. The largest absolute Gasteiger partial charge is 0.394 e. The minimum Gasteiger partial charge on any atom is -0.394 e. The second-order valence-electron chi connectivity index (χ2n) is 4.53. The van der Waals surface area contributed by atoms with Crippen LogP contribution in [0.5, 0.6) is 0 Å². The highest BCUT2D eigenvalue weighted by molar-refractivity contribution is 5.50. The van der Waals surface area contributed by atoms with Crippen molar-refractivity contribution >= 4 is 5.69 Å². The Hall–Kier alpha value is -1.06. The van der Waals surface area contributed by atoms with Gasteiger partial charge in [-0.1, -0.05) is 12.1 Å². The minimum atomic E-state index is -0.413. The molecule has 0 saturated carbocycles. The zero-order valence-electron chi connectivity index (χ0n) is 9.11. The number of nitrogens with two attached hydrogens (primary N) is 1. The van der Waals surface area contributed by atoms with Gasteiger partial charge in [0, 0.05) is 18.8 Å². The number of anilines is 1. The van der Waals surface area contributed by atoms with Crippen molar-refractivity contribution in [1.82, 2.24) is 0 Å². The van der Waals surface area contributed by atoms with Crippen LogP contribution in [0.3, 0.4) is 0 Å². The summed E-state index contributed by atoms with van der Waals surface area (Å²) in [5.74, 6) is 0. The van der Waals surface area contributed by atoms with E-state index in [1.54, 1.807) is 0 Å². The quantitative estimate of drug-likeness (QED) is 0.755. The van der Waals surface area contributed by atoms with Crippen LogP contribution in [0.4, 0.5) is 5.69 Å². The molecule has 1 heterocycles. The first-order valence-electron chi connectivity index (χ1n) is 5.34. The standard InChI is InChI=1S/C12H18N2O/c1-10-3-2-4-11(7-10)14-6-5-12(13,8-14)9-15/h2-4,7,15H,5-6,8-9,13H2,1H3. The van der Waals surface area contributed by atoms with Gasteiger partial charge < -0.3 is 15.7 Å². The van der Waals surface area contributed by atoms with Gasteiger partial charge in [0.2, 0.25) is 0 Å². The Kier molecular flexibility index (Phi) is 2.67. The summed E-state index contributed by atoms with van der Waals surface area (Å²) in [5, 5.41) is 9.19. The number of hydrogen-bond acceptors (Lipinski definition) is 3. The van der Waals surface area contributed by atoms with Crippen LogP contribution in [-0.4, -0.2) is 30.3 Å². The van der Waals surface area contributed by atoms with E-state index in [4.69, 9.17) is 5.73 Å². The third kappa shape index (κ3) is 2.13. The molecule has 3 N–H and O–H groups in total. The molecule has 0 spiro atoms. The lowest BCUT2D eigenvalue weighted by Gasteiger charge is -2.23. The molecule has 82 valence electrons. The van der Waals surface area contributed by atoms with E-state index in [1.807, 2.05) is 0 Å². The molecular formula is C12H18N2O. The Morgan fingerprint density at radius 1 is 1.53 bits per heavy atom. The Morgan fingerprint density at radius 2 is 2.33 bits per heavy atom. The number of rotatable bonds is 2. The lowest BCUT2D eigenvalue weighted by Crippen LogP contribution is -2.46. The predicted octanol–water partition coefficient (Wildman–Crippen LogP) is 0.895. The molecule has 1 aliphatic heterocycles. The molecule has 15 heavy (non-hydrogen) atoms. The van der Waals surface area contributed by atoms with E-state index in [-0.39, 0.29) is 6.61 Å². The van der Waals surface area contributed by atoms with Gasteiger partial charge in [-0.25, -0.2) is 0 Å². The van der Waals surface area contributed by atoms with Crippen molar-refractivity contribution in [2.24, 2.45) is 5.73 Å². The molecule has 2 rings (SSSR count). The first kappa shape index (κ1) is 10.5. The molecule has 0 aliphatic carbocycles. The van der Waals surface area contributed by atoms with Crippen LogP contribution in [0.25, 0.3) is 0 Å². The normalized spacial score (nSPS) is 25.9. The predicted molar refractivity (Wildman–Crippen MR) is 62.0 cm³/mol. The Labute approximate surface area is 90.5 Å². The van der Waals surface area contributed by atoms with Crippen LogP contribution >= 0.6 is 0 Å². The van der Waals surface area contributed by atoms with Crippen molar-refractivity contribution in [2.45, 2.75) is 18.9 Å². The summed E-state index contributed by atoms with van der Waals surface area (Å²) in [5.41, 5.74) is 8.08. The van der Waals surface area contributed by atoms with Gasteiger partial charge in [0.05, 0.1) is 12.1 Å². The molecule has 1 saturated heterocycles. The molecule has 1 aromatic carbocycles. The number of nitrogens with zero attached hydrogens (tertiary/aromatic N) is 1. The highest BCUT2D eigenvalue weighted by Crippen LogP contribution is 2.25. The second kappa shape index (κ2) is 3.83. The maximum atomic E-state index is 9.19. The maximum absolute atomic E-state index is 9.19. The van der Waals surface area contributed by atoms with Crippen LogP contribution in [0.15, 0.2) is 24.3 Å². The van der Waals surface area contributed by atoms with Gasteiger partial charge in [-0.3, -0.25) is 0 Å². The fraction of sp³-hybridized carbons (Fsp3) is 0.500. The summed E-state index contributed by atoms with van der Waals surface area (Å²) in [4.78, 5) is 2.24. The molecule has 0 bridgehead atoms.